The molecule has 0 radical (unpaired) electrons. The Hall–Kier alpha value is -0.890. The van der Waals surface area contributed by atoms with Gasteiger partial charge in [-0.25, -0.2) is 0 Å². The predicted molar refractivity (Wildman–Crippen MR) is 43.9 cm³/mol. The van der Waals surface area contributed by atoms with Crippen molar-refractivity contribution in [3.05, 3.63) is 29.1 Å². The number of alkyl halides is 1. The molecule has 0 amide bonds. The van der Waals surface area contributed by atoms with Crippen LogP contribution in [-0.2, 0) is 5.88 Å². The Morgan fingerprint density at radius 1 is 1.64 bits per heavy atom. The zero-order valence-corrected chi connectivity index (χ0v) is 6.93. The van der Waals surface area contributed by atoms with E-state index in [1.807, 2.05) is 6.92 Å². The van der Waals surface area contributed by atoms with Crippen LogP contribution in [0.25, 0.3) is 0 Å². The first kappa shape index (κ1) is 8.21. The highest BCUT2D eigenvalue weighted by molar-refractivity contribution is 6.17. The monoisotopic (exact) mass is 169 g/mol. The molecule has 0 unspecified atom stereocenters. The van der Waals surface area contributed by atoms with Crippen molar-refractivity contribution in [2.24, 2.45) is 0 Å². The van der Waals surface area contributed by atoms with Gasteiger partial charge in [0.2, 0.25) is 0 Å². The van der Waals surface area contributed by atoms with E-state index >= 15 is 0 Å². The van der Waals surface area contributed by atoms with Crippen LogP contribution in [0.3, 0.4) is 0 Å². The molecule has 1 rings (SSSR count). The second-order valence-corrected chi connectivity index (χ2v) is 2.51. The summed E-state index contributed by atoms with van der Waals surface area (Å²) in [5.74, 6) is 0.287. The number of hydrogen-bond acceptors (Lipinski definition) is 2. The molecule has 0 aliphatic rings. The molecule has 0 aromatic carbocycles. The number of halogens is 1. The molecule has 0 aliphatic carbocycles. The standard InChI is InChI=1S/C8H8ClNO/c1-6-2-3-7(5-11)8(4-9)10-6/h2-3,5H,4H2,1H3. The fourth-order valence-corrected chi connectivity index (χ4v) is 1.05. The molecule has 3 heteroatoms. The molecule has 0 saturated heterocycles. The van der Waals surface area contributed by atoms with E-state index in [9.17, 15) is 4.79 Å². The molecular formula is C8H8ClNO. The second kappa shape index (κ2) is 3.49. The fraction of sp³-hybridized carbons (Fsp3) is 0.250. The number of hydrogen-bond donors (Lipinski definition) is 0. The Morgan fingerprint density at radius 2 is 2.36 bits per heavy atom. The van der Waals surface area contributed by atoms with E-state index in [0.29, 0.717) is 11.3 Å². The van der Waals surface area contributed by atoms with E-state index in [0.717, 1.165) is 12.0 Å². The molecule has 2 nitrogen and oxygen atoms in total. The number of pyridine rings is 1. The van der Waals surface area contributed by atoms with E-state index in [1.165, 1.54) is 0 Å². The maximum atomic E-state index is 10.4. The summed E-state index contributed by atoms with van der Waals surface area (Å²) in [6, 6.07) is 3.52. The number of rotatable bonds is 2. The summed E-state index contributed by atoms with van der Waals surface area (Å²) in [4.78, 5) is 14.5. The van der Waals surface area contributed by atoms with E-state index in [-0.39, 0.29) is 5.88 Å². The van der Waals surface area contributed by atoms with Gasteiger partial charge >= 0.3 is 0 Å². The molecule has 0 aliphatic heterocycles. The van der Waals surface area contributed by atoms with Crippen molar-refractivity contribution in [1.29, 1.82) is 0 Å². The number of carbonyl (C=O) groups excluding carboxylic acids is 1. The molecule has 0 saturated carbocycles. The quantitative estimate of drug-likeness (QED) is 0.500. The minimum atomic E-state index is 0.287. The molecule has 11 heavy (non-hydrogen) atoms. The third-order valence-electron chi connectivity index (χ3n) is 1.40. The zero-order chi connectivity index (χ0) is 8.27. The topological polar surface area (TPSA) is 30.0 Å². The Morgan fingerprint density at radius 3 is 2.91 bits per heavy atom. The summed E-state index contributed by atoms with van der Waals surface area (Å²) in [7, 11) is 0. The van der Waals surface area contributed by atoms with Gasteiger partial charge in [-0.05, 0) is 19.1 Å². The van der Waals surface area contributed by atoms with Gasteiger partial charge in [-0.1, -0.05) is 0 Å². The van der Waals surface area contributed by atoms with E-state index in [1.54, 1.807) is 12.1 Å². The summed E-state index contributed by atoms with van der Waals surface area (Å²) in [5, 5.41) is 0. The van der Waals surface area contributed by atoms with Gasteiger partial charge in [-0.15, -0.1) is 11.6 Å². The molecule has 1 aromatic rings. The lowest BCUT2D eigenvalue weighted by atomic mass is 10.2. The molecule has 0 bridgehead atoms. The summed E-state index contributed by atoms with van der Waals surface area (Å²) in [6.45, 7) is 1.87. The van der Waals surface area contributed by atoms with Crippen LogP contribution in [0.5, 0.6) is 0 Å². The van der Waals surface area contributed by atoms with Gasteiger partial charge in [0.25, 0.3) is 0 Å². The van der Waals surface area contributed by atoms with E-state index in [2.05, 4.69) is 4.98 Å². The number of carbonyl (C=O) groups is 1. The van der Waals surface area contributed by atoms with Crippen LogP contribution < -0.4 is 0 Å². The van der Waals surface area contributed by atoms with Gasteiger partial charge in [-0.2, -0.15) is 0 Å². The average Bonchev–Trinajstić information content (AvgIpc) is 2.04. The second-order valence-electron chi connectivity index (χ2n) is 2.24. The van der Waals surface area contributed by atoms with E-state index < -0.39 is 0 Å². The first-order valence-corrected chi connectivity index (χ1v) is 3.79. The van der Waals surface area contributed by atoms with Crippen molar-refractivity contribution < 1.29 is 4.79 Å². The highest BCUT2D eigenvalue weighted by Crippen LogP contribution is 2.07. The SMILES string of the molecule is Cc1ccc(C=O)c(CCl)n1. The fourth-order valence-electron chi connectivity index (χ4n) is 0.836. The van der Waals surface area contributed by atoms with Gasteiger partial charge in [0, 0.05) is 11.3 Å². The third-order valence-corrected chi connectivity index (χ3v) is 1.66. The van der Waals surface area contributed by atoms with E-state index in [4.69, 9.17) is 11.6 Å². The Balaban J connectivity index is 3.16. The molecule has 0 spiro atoms. The molecular weight excluding hydrogens is 162 g/mol. The van der Waals surface area contributed by atoms with Crippen LogP contribution in [0.1, 0.15) is 21.7 Å². The normalized spacial score (nSPS) is 9.64. The highest BCUT2D eigenvalue weighted by atomic mass is 35.5. The van der Waals surface area contributed by atoms with Gasteiger partial charge in [0.15, 0.2) is 6.29 Å². The lowest BCUT2D eigenvalue weighted by Gasteiger charge is -1.99. The number of aryl methyl sites for hydroxylation is 1. The van der Waals surface area contributed by atoms with Crippen LogP contribution in [-0.4, -0.2) is 11.3 Å². The van der Waals surface area contributed by atoms with Crippen LogP contribution in [0, 0.1) is 6.92 Å². The lowest BCUT2D eigenvalue weighted by Crippen LogP contribution is -1.95. The Bertz CT molecular complexity index is 273. The van der Waals surface area contributed by atoms with Gasteiger partial charge in [0.1, 0.15) is 0 Å². The maximum Gasteiger partial charge on any atom is 0.151 e. The zero-order valence-electron chi connectivity index (χ0n) is 6.17. The summed E-state index contributed by atoms with van der Waals surface area (Å²) < 4.78 is 0. The van der Waals surface area contributed by atoms with Crippen LogP contribution in [0.4, 0.5) is 0 Å². The number of aldehydes is 1. The van der Waals surface area contributed by atoms with Gasteiger partial charge in [-0.3, -0.25) is 9.78 Å². The first-order chi connectivity index (χ1) is 5.27. The molecule has 0 N–H and O–H groups in total. The van der Waals surface area contributed by atoms with Crippen molar-refractivity contribution >= 4 is 17.9 Å². The maximum absolute atomic E-state index is 10.4. The van der Waals surface area contributed by atoms with Crippen molar-refractivity contribution in [2.75, 3.05) is 0 Å². The minimum absolute atomic E-state index is 0.287. The lowest BCUT2D eigenvalue weighted by molar-refractivity contribution is 0.112. The third kappa shape index (κ3) is 1.77. The molecule has 58 valence electrons. The Kier molecular flexibility index (Phi) is 2.60. The Labute approximate surface area is 70.2 Å². The minimum Gasteiger partial charge on any atom is -0.298 e. The largest absolute Gasteiger partial charge is 0.298 e. The average molecular weight is 170 g/mol. The smallest absolute Gasteiger partial charge is 0.151 e. The number of aromatic nitrogens is 1. The van der Waals surface area contributed by atoms with Gasteiger partial charge in [0.05, 0.1) is 11.6 Å². The molecule has 0 fully saturated rings. The highest BCUT2D eigenvalue weighted by Gasteiger charge is 2.00. The predicted octanol–water partition coefficient (Wildman–Crippen LogP) is 1.94. The van der Waals surface area contributed by atoms with Crippen LogP contribution >= 0.6 is 11.6 Å². The van der Waals surface area contributed by atoms with Crippen LogP contribution in [0.15, 0.2) is 12.1 Å². The molecule has 1 aromatic heterocycles. The van der Waals surface area contributed by atoms with Crippen molar-refractivity contribution in [3.63, 3.8) is 0 Å². The van der Waals surface area contributed by atoms with Gasteiger partial charge < -0.3 is 0 Å². The van der Waals surface area contributed by atoms with Crippen molar-refractivity contribution in [2.45, 2.75) is 12.8 Å². The summed E-state index contributed by atoms with van der Waals surface area (Å²) in [5.41, 5.74) is 2.11. The van der Waals surface area contributed by atoms with Crippen LogP contribution in [0.2, 0.25) is 0 Å². The van der Waals surface area contributed by atoms with Crippen molar-refractivity contribution in [1.82, 2.24) is 4.98 Å². The summed E-state index contributed by atoms with van der Waals surface area (Å²) >= 11 is 5.56. The summed E-state index contributed by atoms with van der Waals surface area (Å²) in [6.07, 6.45) is 0.768. The molecule has 0 atom stereocenters. The first-order valence-electron chi connectivity index (χ1n) is 3.25. The number of nitrogens with zero attached hydrogens (tertiary/aromatic N) is 1. The molecule has 1 heterocycles. The van der Waals surface area contributed by atoms with Crippen molar-refractivity contribution in [3.8, 4) is 0 Å².